The average Bonchev–Trinajstić information content (AvgIpc) is 2.33. The van der Waals surface area contributed by atoms with Gasteiger partial charge < -0.3 is 10.2 Å². The van der Waals surface area contributed by atoms with Gasteiger partial charge in [0.2, 0.25) is 0 Å². The van der Waals surface area contributed by atoms with Crippen LogP contribution in [-0.2, 0) is 6.18 Å². The van der Waals surface area contributed by atoms with Crippen molar-refractivity contribution in [2.45, 2.75) is 25.6 Å². The third-order valence-electron chi connectivity index (χ3n) is 2.89. The first kappa shape index (κ1) is 16.9. The van der Waals surface area contributed by atoms with Crippen molar-refractivity contribution < 1.29 is 17.6 Å². The molecule has 0 fully saturated rings. The van der Waals surface area contributed by atoms with Crippen LogP contribution in [-0.4, -0.2) is 32.1 Å². The second-order valence-electron chi connectivity index (χ2n) is 5.01. The second kappa shape index (κ2) is 7.04. The van der Waals surface area contributed by atoms with E-state index in [1.54, 1.807) is 0 Å². The lowest BCUT2D eigenvalue weighted by molar-refractivity contribution is -0.140. The Morgan fingerprint density at radius 2 is 1.90 bits per heavy atom. The van der Waals surface area contributed by atoms with Crippen LogP contribution in [0.2, 0.25) is 0 Å². The number of benzene rings is 1. The lowest BCUT2D eigenvalue weighted by Gasteiger charge is -2.23. The number of likely N-dealkylation sites (N-methyl/N-ethyl adjacent to an activating group) is 1. The number of hydrogen-bond donors (Lipinski definition) is 1. The molecule has 1 rings (SSSR count). The predicted octanol–water partition coefficient (Wildman–Crippen LogP) is 3.45. The fraction of sp³-hybridized carbons (Fsp3) is 0.571. The molecule has 0 aliphatic carbocycles. The second-order valence-corrected chi connectivity index (χ2v) is 5.01. The minimum atomic E-state index is -4.67. The summed E-state index contributed by atoms with van der Waals surface area (Å²) in [5, 5.41) is 3.18. The summed E-state index contributed by atoms with van der Waals surface area (Å²) in [6.45, 7) is 3.21. The van der Waals surface area contributed by atoms with Crippen LogP contribution in [0.3, 0.4) is 0 Å². The Hall–Kier alpha value is -1.14. The van der Waals surface area contributed by atoms with Crippen LogP contribution in [0.4, 0.5) is 17.6 Å². The van der Waals surface area contributed by atoms with E-state index in [9.17, 15) is 17.6 Å². The predicted molar refractivity (Wildman–Crippen MR) is 71.0 cm³/mol. The molecule has 0 aliphatic heterocycles. The van der Waals surface area contributed by atoms with E-state index in [1.807, 2.05) is 25.9 Å². The molecule has 0 heterocycles. The first-order chi connectivity index (χ1) is 9.25. The van der Waals surface area contributed by atoms with Crippen molar-refractivity contribution in [2.75, 3.05) is 27.2 Å². The van der Waals surface area contributed by atoms with E-state index in [0.717, 1.165) is 18.6 Å². The maximum atomic E-state index is 13.3. The van der Waals surface area contributed by atoms with E-state index in [2.05, 4.69) is 5.32 Å². The van der Waals surface area contributed by atoms with E-state index in [1.165, 1.54) is 6.07 Å². The highest BCUT2D eigenvalue weighted by atomic mass is 19.4. The summed E-state index contributed by atoms with van der Waals surface area (Å²) >= 11 is 0. The molecule has 2 nitrogen and oxygen atoms in total. The molecule has 0 bridgehead atoms. The van der Waals surface area contributed by atoms with Crippen molar-refractivity contribution in [1.82, 2.24) is 10.2 Å². The molecular weight excluding hydrogens is 272 g/mol. The molecular formula is C14H20F4N2. The Morgan fingerprint density at radius 3 is 2.40 bits per heavy atom. The Kier molecular flexibility index (Phi) is 5.95. The molecule has 6 heteroatoms. The first-order valence-corrected chi connectivity index (χ1v) is 6.50. The van der Waals surface area contributed by atoms with Crippen molar-refractivity contribution in [1.29, 1.82) is 0 Å². The number of nitrogens with zero attached hydrogens (tertiary/aromatic N) is 1. The number of rotatable bonds is 6. The molecule has 0 spiro atoms. The SMILES string of the molecule is CCCNC(CN(C)C)c1ccc(F)c(C(F)(F)F)c1. The molecule has 0 saturated heterocycles. The zero-order valence-corrected chi connectivity index (χ0v) is 11.9. The van der Waals surface area contributed by atoms with Gasteiger partial charge in [-0.25, -0.2) is 4.39 Å². The Morgan fingerprint density at radius 1 is 1.25 bits per heavy atom. The van der Waals surface area contributed by atoms with E-state index < -0.39 is 17.6 Å². The summed E-state index contributed by atoms with van der Waals surface area (Å²) in [7, 11) is 3.68. The Bertz CT molecular complexity index is 430. The van der Waals surface area contributed by atoms with E-state index in [-0.39, 0.29) is 6.04 Å². The van der Waals surface area contributed by atoms with Crippen molar-refractivity contribution in [2.24, 2.45) is 0 Å². The number of halogens is 4. The first-order valence-electron chi connectivity index (χ1n) is 6.50. The molecule has 1 atom stereocenters. The molecule has 20 heavy (non-hydrogen) atoms. The molecule has 1 aromatic rings. The smallest absolute Gasteiger partial charge is 0.309 e. The van der Waals surface area contributed by atoms with Gasteiger partial charge in [0, 0.05) is 12.6 Å². The number of alkyl halides is 3. The third-order valence-corrected chi connectivity index (χ3v) is 2.89. The maximum absolute atomic E-state index is 13.3. The zero-order chi connectivity index (χ0) is 15.3. The number of nitrogens with one attached hydrogen (secondary N) is 1. The van der Waals surface area contributed by atoms with Crippen LogP contribution in [0, 0.1) is 5.82 Å². The average molecular weight is 292 g/mol. The standard InChI is InChI=1S/C14H20F4N2/c1-4-7-19-13(9-20(2)3)10-5-6-12(15)11(8-10)14(16,17)18/h5-6,8,13,19H,4,7,9H2,1-3H3. The molecule has 0 aromatic heterocycles. The van der Waals surface area contributed by atoms with Gasteiger partial charge in [-0.05, 0) is 44.8 Å². The van der Waals surface area contributed by atoms with Crippen LogP contribution in [0.25, 0.3) is 0 Å². The molecule has 1 aromatic carbocycles. The van der Waals surface area contributed by atoms with E-state index in [4.69, 9.17) is 0 Å². The largest absolute Gasteiger partial charge is 0.419 e. The fourth-order valence-corrected chi connectivity index (χ4v) is 1.95. The summed E-state index contributed by atoms with van der Waals surface area (Å²) < 4.78 is 51.5. The van der Waals surface area contributed by atoms with Crippen LogP contribution in [0.1, 0.15) is 30.5 Å². The molecule has 0 radical (unpaired) electrons. The van der Waals surface area contributed by atoms with Crippen molar-refractivity contribution in [3.63, 3.8) is 0 Å². The van der Waals surface area contributed by atoms with E-state index in [0.29, 0.717) is 18.7 Å². The topological polar surface area (TPSA) is 15.3 Å². The highest BCUT2D eigenvalue weighted by Gasteiger charge is 2.34. The van der Waals surface area contributed by atoms with Crippen LogP contribution >= 0.6 is 0 Å². The van der Waals surface area contributed by atoms with Crippen molar-refractivity contribution in [3.05, 3.63) is 35.1 Å². The lowest BCUT2D eigenvalue weighted by atomic mass is 10.0. The molecule has 0 amide bonds. The molecule has 1 N–H and O–H groups in total. The minimum absolute atomic E-state index is 0.258. The zero-order valence-electron chi connectivity index (χ0n) is 11.9. The Balaban J connectivity index is 3.07. The molecule has 1 unspecified atom stereocenters. The highest BCUT2D eigenvalue weighted by molar-refractivity contribution is 5.29. The van der Waals surface area contributed by atoms with Gasteiger partial charge >= 0.3 is 6.18 Å². The summed E-state index contributed by atoms with van der Waals surface area (Å²) in [6.07, 6.45) is -3.80. The van der Waals surface area contributed by atoms with Crippen LogP contribution < -0.4 is 5.32 Å². The van der Waals surface area contributed by atoms with Crippen LogP contribution in [0.15, 0.2) is 18.2 Å². The van der Waals surface area contributed by atoms with Gasteiger partial charge in [-0.3, -0.25) is 0 Å². The monoisotopic (exact) mass is 292 g/mol. The summed E-state index contributed by atoms with van der Waals surface area (Å²) in [6, 6.07) is 2.92. The van der Waals surface area contributed by atoms with Gasteiger partial charge in [-0.15, -0.1) is 0 Å². The maximum Gasteiger partial charge on any atom is 0.419 e. The van der Waals surface area contributed by atoms with Crippen LogP contribution in [0.5, 0.6) is 0 Å². The highest BCUT2D eigenvalue weighted by Crippen LogP contribution is 2.33. The quantitative estimate of drug-likeness (QED) is 0.808. The van der Waals surface area contributed by atoms with Gasteiger partial charge in [0.15, 0.2) is 0 Å². The van der Waals surface area contributed by atoms with Gasteiger partial charge in [0.1, 0.15) is 5.82 Å². The minimum Gasteiger partial charge on any atom is -0.309 e. The van der Waals surface area contributed by atoms with Gasteiger partial charge in [-0.1, -0.05) is 13.0 Å². The van der Waals surface area contributed by atoms with Gasteiger partial charge in [0.25, 0.3) is 0 Å². The van der Waals surface area contributed by atoms with Gasteiger partial charge in [-0.2, -0.15) is 13.2 Å². The number of hydrogen-bond acceptors (Lipinski definition) is 2. The molecule has 0 saturated carbocycles. The summed E-state index contributed by atoms with van der Waals surface area (Å²) in [5.74, 6) is -1.24. The third kappa shape index (κ3) is 4.76. The molecule has 114 valence electrons. The van der Waals surface area contributed by atoms with Crippen molar-refractivity contribution >= 4 is 0 Å². The Labute approximate surface area is 116 Å². The summed E-state index contributed by atoms with van der Waals surface area (Å²) in [5.41, 5.74) is -0.766. The molecule has 0 aliphatic rings. The van der Waals surface area contributed by atoms with Crippen molar-refractivity contribution in [3.8, 4) is 0 Å². The lowest BCUT2D eigenvalue weighted by Crippen LogP contribution is -2.32. The fourth-order valence-electron chi connectivity index (χ4n) is 1.95. The van der Waals surface area contributed by atoms with Gasteiger partial charge in [0.05, 0.1) is 5.56 Å². The van der Waals surface area contributed by atoms with E-state index >= 15 is 0 Å². The normalized spacial score (nSPS) is 13.8. The summed E-state index contributed by atoms with van der Waals surface area (Å²) in [4.78, 5) is 1.88.